The first-order valence-electron chi connectivity index (χ1n) is 4.26. The standard InChI is InChI=1S/C10H9N3O/c14-10-6-11-7-12-8-13(10)9-4-2-1-3-5-9/h1-5,7-8H,6H2. The number of hydrogen-bond acceptors (Lipinski definition) is 3. The summed E-state index contributed by atoms with van der Waals surface area (Å²) in [4.78, 5) is 20.7. The minimum Gasteiger partial charge on any atom is -0.272 e. The molecule has 0 fully saturated rings. The molecule has 0 saturated carbocycles. The van der Waals surface area contributed by atoms with Crippen molar-refractivity contribution in [2.24, 2.45) is 9.98 Å². The van der Waals surface area contributed by atoms with Crippen LogP contribution >= 0.6 is 0 Å². The third-order valence-electron chi connectivity index (χ3n) is 1.86. The fraction of sp³-hybridized carbons (Fsp3) is 0.100. The van der Waals surface area contributed by atoms with Gasteiger partial charge in [-0.15, -0.1) is 0 Å². The van der Waals surface area contributed by atoms with E-state index in [9.17, 15) is 4.79 Å². The van der Waals surface area contributed by atoms with Crippen LogP contribution in [0.15, 0.2) is 40.3 Å². The maximum atomic E-state index is 11.5. The zero-order valence-electron chi connectivity index (χ0n) is 7.50. The lowest BCUT2D eigenvalue weighted by atomic mass is 10.3. The summed E-state index contributed by atoms with van der Waals surface area (Å²) in [5.74, 6) is -0.0753. The fourth-order valence-electron chi connectivity index (χ4n) is 1.20. The molecule has 1 aliphatic rings. The van der Waals surface area contributed by atoms with E-state index in [1.807, 2.05) is 30.3 Å². The second kappa shape index (κ2) is 3.83. The average molecular weight is 187 g/mol. The summed E-state index contributed by atoms with van der Waals surface area (Å²) < 4.78 is 0. The molecule has 4 heteroatoms. The number of hydrogen-bond donors (Lipinski definition) is 0. The zero-order chi connectivity index (χ0) is 9.80. The molecule has 0 radical (unpaired) electrons. The van der Waals surface area contributed by atoms with Crippen molar-refractivity contribution in [1.29, 1.82) is 0 Å². The molecular formula is C10H9N3O. The van der Waals surface area contributed by atoms with Crippen LogP contribution in [0.4, 0.5) is 5.69 Å². The summed E-state index contributed by atoms with van der Waals surface area (Å²) in [6.45, 7) is 0.148. The van der Waals surface area contributed by atoms with Gasteiger partial charge >= 0.3 is 0 Å². The van der Waals surface area contributed by atoms with E-state index in [0.29, 0.717) is 0 Å². The van der Waals surface area contributed by atoms with Crippen LogP contribution in [0.1, 0.15) is 0 Å². The molecule has 4 nitrogen and oxygen atoms in total. The van der Waals surface area contributed by atoms with E-state index in [0.717, 1.165) is 5.69 Å². The van der Waals surface area contributed by atoms with E-state index in [4.69, 9.17) is 0 Å². The van der Waals surface area contributed by atoms with Gasteiger partial charge in [0.05, 0.1) is 0 Å². The van der Waals surface area contributed by atoms with Gasteiger partial charge in [0.1, 0.15) is 19.2 Å². The fourth-order valence-corrected chi connectivity index (χ4v) is 1.20. The van der Waals surface area contributed by atoms with Gasteiger partial charge in [-0.3, -0.25) is 14.7 Å². The summed E-state index contributed by atoms with van der Waals surface area (Å²) in [5.41, 5.74) is 0.812. The van der Waals surface area contributed by atoms with Crippen molar-refractivity contribution in [3.63, 3.8) is 0 Å². The van der Waals surface area contributed by atoms with E-state index < -0.39 is 0 Å². The largest absolute Gasteiger partial charge is 0.272 e. The van der Waals surface area contributed by atoms with Gasteiger partial charge in [-0.25, -0.2) is 4.99 Å². The van der Waals surface area contributed by atoms with Crippen molar-refractivity contribution >= 4 is 24.3 Å². The monoisotopic (exact) mass is 187 g/mol. The summed E-state index contributed by atoms with van der Waals surface area (Å²) in [6.07, 6.45) is 2.87. The molecule has 0 bridgehead atoms. The van der Waals surface area contributed by atoms with Gasteiger partial charge in [0.15, 0.2) is 0 Å². The average Bonchev–Trinajstić information content (AvgIpc) is 2.44. The third-order valence-corrected chi connectivity index (χ3v) is 1.86. The molecule has 0 N–H and O–H groups in total. The van der Waals surface area contributed by atoms with Crippen molar-refractivity contribution in [3.05, 3.63) is 30.3 Å². The van der Waals surface area contributed by atoms with Crippen molar-refractivity contribution in [2.45, 2.75) is 0 Å². The first-order chi connectivity index (χ1) is 6.88. The number of nitrogens with zero attached hydrogens (tertiary/aromatic N) is 3. The van der Waals surface area contributed by atoms with Crippen molar-refractivity contribution in [3.8, 4) is 0 Å². The summed E-state index contributed by atoms with van der Waals surface area (Å²) >= 11 is 0. The Labute approximate surface area is 81.6 Å². The van der Waals surface area contributed by atoms with E-state index in [2.05, 4.69) is 9.98 Å². The Kier molecular flexibility index (Phi) is 2.36. The Hall–Kier alpha value is -1.97. The van der Waals surface area contributed by atoms with Crippen LogP contribution in [0, 0.1) is 0 Å². The molecule has 2 rings (SSSR count). The number of carbonyl (C=O) groups excluding carboxylic acids is 1. The molecule has 0 spiro atoms. The lowest BCUT2D eigenvalue weighted by Crippen LogP contribution is -2.30. The molecule has 0 aliphatic carbocycles. The lowest BCUT2D eigenvalue weighted by Gasteiger charge is -2.14. The minimum atomic E-state index is -0.0753. The Morgan fingerprint density at radius 1 is 1.21 bits per heavy atom. The quantitative estimate of drug-likeness (QED) is 0.649. The maximum absolute atomic E-state index is 11.5. The van der Waals surface area contributed by atoms with Crippen molar-refractivity contribution in [1.82, 2.24) is 0 Å². The zero-order valence-corrected chi connectivity index (χ0v) is 7.50. The number of amides is 1. The molecule has 0 atom stereocenters. The SMILES string of the molecule is O=C1CN=CN=CN1c1ccccc1. The molecule has 1 aromatic carbocycles. The molecule has 14 heavy (non-hydrogen) atoms. The maximum Gasteiger partial charge on any atom is 0.253 e. The highest BCUT2D eigenvalue weighted by molar-refractivity contribution is 6.11. The smallest absolute Gasteiger partial charge is 0.253 e. The van der Waals surface area contributed by atoms with E-state index in [1.54, 1.807) is 0 Å². The Balaban J connectivity index is 2.30. The third kappa shape index (κ3) is 1.69. The minimum absolute atomic E-state index is 0.0753. The molecule has 1 heterocycles. The highest BCUT2D eigenvalue weighted by Gasteiger charge is 2.13. The van der Waals surface area contributed by atoms with Gasteiger partial charge in [-0.2, -0.15) is 0 Å². The summed E-state index contributed by atoms with van der Waals surface area (Å²) in [6, 6.07) is 9.37. The normalized spacial score (nSPS) is 15.7. The first kappa shape index (κ1) is 8.62. The van der Waals surface area contributed by atoms with Crippen LogP contribution in [0.3, 0.4) is 0 Å². The molecule has 1 aliphatic heterocycles. The Morgan fingerprint density at radius 2 is 2.00 bits per heavy atom. The van der Waals surface area contributed by atoms with Crippen LogP contribution in [0.2, 0.25) is 0 Å². The number of benzene rings is 1. The van der Waals surface area contributed by atoms with Crippen LogP contribution in [0.25, 0.3) is 0 Å². The second-order valence-corrected chi connectivity index (χ2v) is 2.82. The van der Waals surface area contributed by atoms with Crippen molar-refractivity contribution < 1.29 is 4.79 Å². The van der Waals surface area contributed by atoms with Gasteiger partial charge in [0, 0.05) is 5.69 Å². The van der Waals surface area contributed by atoms with Gasteiger partial charge in [0.2, 0.25) is 0 Å². The molecule has 0 unspecified atom stereocenters. The van der Waals surface area contributed by atoms with Crippen LogP contribution in [-0.4, -0.2) is 25.1 Å². The Bertz CT molecular complexity index is 384. The highest BCUT2D eigenvalue weighted by atomic mass is 16.2. The lowest BCUT2D eigenvalue weighted by molar-refractivity contribution is -0.116. The molecule has 0 saturated heterocycles. The van der Waals surface area contributed by atoms with Gasteiger partial charge < -0.3 is 0 Å². The first-order valence-corrected chi connectivity index (χ1v) is 4.26. The molecule has 70 valence electrons. The number of aliphatic imine (C=N–C) groups is 2. The van der Waals surface area contributed by atoms with Crippen LogP contribution in [0.5, 0.6) is 0 Å². The van der Waals surface area contributed by atoms with Gasteiger partial charge in [0.25, 0.3) is 5.91 Å². The number of rotatable bonds is 1. The van der Waals surface area contributed by atoms with E-state index >= 15 is 0 Å². The van der Waals surface area contributed by atoms with E-state index in [-0.39, 0.29) is 12.5 Å². The number of para-hydroxylation sites is 1. The Morgan fingerprint density at radius 3 is 2.79 bits per heavy atom. The summed E-state index contributed by atoms with van der Waals surface area (Å²) in [7, 11) is 0. The topological polar surface area (TPSA) is 45.0 Å². The van der Waals surface area contributed by atoms with Crippen LogP contribution in [-0.2, 0) is 4.79 Å². The predicted octanol–water partition coefficient (Wildman–Crippen LogP) is 1.09. The molecule has 1 aromatic rings. The number of carbonyl (C=O) groups is 1. The molecule has 0 aromatic heterocycles. The second-order valence-electron chi connectivity index (χ2n) is 2.82. The van der Waals surface area contributed by atoms with Gasteiger partial charge in [-0.1, -0.05) is 18.2 Å². The summed E-state index contributed by atoms with van der Waals surface area (Å²) in [5, 5.41) is 0. The van der Waals surface area contributed by atoms with E-state index in [1.165, 1.54) is 17.6 Å². The molecule has 1 amide bonds. The number of anilines is 1. The molecular weight excluding hydrogens is 178 g/mol. The van der Waals surface area contributed by atoms with Crippen LogP contribution < -0.4 is 4.90 Å². The predicted molar refractivity (Wildman–Crippen MR) is 55.8 cm³/mol. The van der Waals surface area contributed by atoms with Crippen molar-refractivity contribution in [2.75, 3.05) is 11.4 Å². The highest BCUT2D eigenvalue weighted by Crippen LogP contribution is 2.12. The van der Waals surface area contributed by atoms with Gasteiger partial charge in [-0.05, 0) is 12.1 Å².